The lowest BCUT2D eigenvalue weighted by molar-refractivity contribution is 0.0531. The van der Waals surface area contributed by atoms with Crippen molar-refractivity contribution in [2.75, 3.05) is 19.6 Å². The first-order chi connectivity index (χ1) is 6.88. The van der Waals surface area contributed by atoms with E-state index in [1.54, 1.807) is 0 Å². The monoisotopic (exact) mass is 210 g/mol. The van der Waals surface area contributed by atoms with E-state index < -0.39 is 0 Å². The van der Waals surface area contributed by atoms with Crippen LogP contribution in [0.2, 0.25) is 0 Å². The average molecular weight is 210 g/mol. The molecule has 2 atom stereocenters. The van der Waals surface area contributed by atoms with Crippen LogP contribution in [0.5, 0.6) is 0 Å². The number of likely N-dealkylation sites (tertiary alicyclic amines) is 2. The summed E-state index contributed by atoms with van der Waals surface area (Å²) in [6.45, 7) is 15.6. The maximum Gasteiger partial charge on any atom is 0.0244 e. The van der Waals surface area contributed by atoms with E-state index in [0.29, 0.717) is 5.54 Å². The molecule has 0 radical (unpaired) electrons. The lowest BCUT2D eigenvalue weighted by Gasteiger charge is -2.42. The van der Waals surface area contributed by atoms with Crippen LogP contribution in [0.1, 0.15) is 41.0 Å². The summed E-state index contributed by atoms with van der Waals surface area (Å²) < 4.78 is 0. The number of rotatable bonds is 2. The molecular formula is C13H26N2. The van der Waals surface area contributed by atoms with Gasteiger partial charge in [-0.15, -0.1) is 0 Å². The molecule has 0 amide bonds. The molecule has 2 fully saturated rings. The number of hydrogen-bond donors (Lipinski definition) is 0. The van der Waals surface area contributed by atoms with Gasteiger partial charge in [0.1, 0.15) is 0 Å². The van der Waals surface area contributed by atoms with Crippen LogP contribution in [-0.4, -0.2) is 47.1 Å². The fourth-order valence-corrected chi connectivity index (χ4v) is 3.26. The predicted molar refractivity (Wildman–Crippen MR) is 65.1 cm³/mol. The Bertz CT molecular complexity index is 229. The first-order valence-corrected chi connectivity index (χ1v) is 6.38. The van der Waals surface area contributed by atoms with Crippen LogP contribution < -0.4 is 0 Å². The zero-order valence-electron chi connectivity index (χ0n) is 11.0. The molecule has 0 aromatic carbocycles. The van der Waals surface area contributed by atoms with Crippen LogP contribution in [0.3, 0.4) is 0 Å². The molecule has 0 N–H and O–H groups in total. The third-order valence-corrected chi connectivity index (χ3v) is 3.82. The molecule has 2 bridgehead atoms. The van der Waals surface area contributed by atoms with Gasteiger partial charge in [-0.1, -0.05) is 13.8 Å². The van der Waals surface area contributed by atoms with Crippen LogP contribution in [0.15, 0.2) is 0 Å². The smallest absolute Gasteiger partial charge is 0.0244 e. The SMILES string of the molecule is CC(C)CN1C[C@@H]2C[C@H]1CN2C(C)(C)C. The summed E-state index contributed by atoms with van der Waals surface area (Å²) in [6, 6.07) is 1.67. The van der Waals surface area contributed by atoms with Crippen LogP contribution in [0.4, 0.5) is 0 Å². The van der Waals surface area contributed by atoms with Crippen molar-refractivity contribution in [3.63, 3.8) is 0 Å². The summed E-state index contributed by atoms with van der Waals surface area (Å²) in [4.78, 5) is 5.41. The van der Waals surface area contributed by atoms with Crippen LogP contribution in [-0.2, 0) is 0 Å². The second kappa shape index (κ2) is 3.74. The van der Waals surface area contributed by atoms with Crippen molar-refractivity contribution in [1.82, 2.24) is 9.80 Å². The molecule has 2 nitrogen and oxygen atoms in total. The van der Waals surface area contributed by atoms with E-state index in [2.05, 4.69) is 44.4 Å². The minimum absolute atomic E-state index is 0.364. The molecule has 15 heavy (non-hydrogen) atoms. The van der Waals surface area contributed by atoms with Crippen molar-refractivity contribution in [3.05, 3.63) is 0 Å². The molecule has 0 aliphatic carbocycles. The molecule has 2 aliphatic heterocycles. The van der Waals surface area contributed by atoms with Crippen molar-refractivity contribution < 1.29 is 0 Å². The van der Waals surface area contributed by atoms with Gasteiger partial charge in [0.25, 0.3) is 0 Å². The highest BCUT2D eigenvalue weighted by molar-refractivity contribution is 5.03. The quantitative estimate of drug-likeness (QED) is 0.689. The molecule has 2 heteroatoms. The standard InChI is InChI=1S/C13H26N2/c1-10(2)7-14-8-12-6-11(14)9-15(12)13(3,4)5/h10-12H,6-9H2,1-5H3/t11-,12-/m0/s1. The fraction of sp³-hybridized carbons (Fsp3) is 1.00. The Balaban J connectivity index is 1.95. The van der Waals surface area contributed by atoms with Gasteiger partial charge in [-0.3, -0.25) is 9.80 Å². The summed E-state index contributed by atoms with van der Waals surface area (Å²) in [5.41, 5.74) is 0.364. The zero-order chi connectivity index (χ0) is 11.2. The Morgan fingerprint density at radius 2 is 1.80 bits per heavy atom. The Morgan fingerprint density at radius 1 is 1.13 bits per heavy atom. The van der Waals surface area contributed by atoms with Gasteiger partial charge in [0.2, 0.25) is 0 Å². The van der Waals surface area contributed by atoms with Crippen molar-refractivity contribution in [3.8, 4) is 0 Å². The number of hydrogen-bond acceptors (Lipinski definition) is 2. The zero-order valence-corrected chi connectivity index (χ0v) is 11.0. The topological polar surface area (TPSA) is 6.48 Å². The highest BCUT2D eigenvalue weighted by Crippen LogP contribution is 2.35. The molecule has 0 spiro atoms. The van der Waals surface area contributed by atoms with E-state index in [4.69, 9.17) is 0 Å². The minimum atomic E-state index is 0.364. The molecule has 88 valence electrons. The molecule has 2 rings (SSSR count). The van der Waals surface area contributed by atoms with E-state index in [0.717, 1.165) is 18.0 Å². The Labute approximate surface area is 94.6 Å². The van der Waals surface area contributed by atoms with Crippen molar-refractivity contribution in [2.45, 2.75) is 58.7 Å². The maximum atomic E-state index is 2.71. The number of piperazine rings is 1. The molecule has 0 saturated carbocycles. The van der Waals surface area contributed by atoms with E-state index >= 15 is 0 Å². The normalized spacial score (nSPS) is 33.2. The summed E-state index contributed by atoms with van der Waals surface area (Å²) in [6.07, 6.45) is 1.41. The fourth-order valence-electron chi connectivity index (χ4n) is 3.26. The summed E-state index contributed by atoms with van der Waals surface area (Å²) >= 11 is 0. The predicted octanol–water partition coefficient (Wildman–Crippen LogP) is 2.20. The Hall–Kier alpha value is -0.0800. The molecule has 2 heterocycles. The molecular weight excluding hydrogens is 184 g/mol. The average Bonchev–Trinajstić information content (AvgIpc) is 2.58. The number of fused-ring (bicyclic) bond motifs is 2. The van der Waals surface area contributed by atoms with E-state index in [1.165, 1.54) is 26.1 Å². The molecule has 0 aromatic rings. The van der Waals surface area contributed by atoms with Gasteiger partial charge in [0.15, 0.2) is 0 Å². The Kier molecular flexibility index (Phi) is 2.85. The van der Waals surface area contributed by atoms with Gasteiger partial charge in [-0.05, 0) is 33.1 Å². The third-order valence-electron chi connectivity index (χ3n) is 3.82. The van der Waals surface area contributed by atoms with Crippen molar-refractivity contribution >= 4 is 0 Å². The first kappa shape index (κ1) is 11.4. The van der Waals surface area contributed by atoms with Crippen molar-refractivity contribution in [2.24, 2.45) is 5.92 Å². The van der Waals surface area contributed by atoms with Gasteiger partial charge in [-0.25, -0.2) is 0 Å². The van der Waals surface area contributed by atoms with Crippen LogP contribution in [0, 0.1) is 5.92 Å². The lowest BCUT2D eigenvalue weighted by Crippen LogP contribution is -2.53. The van der Waals surface area contributed by atoms with Gasteiger partial charge >= 0.3 is 0 Å². The minimum Gasteiger partial charge on any atom is -0.297 e. The van der Waals surface area contributed by atoms with Gasteiger partial charge in [-0.2, -0.15) is 0 Å². The van der Waals surface area contributed by atoms with E-state index in [9.17, 15) is 0 Å². The highest BCUT2D eigenvalue weighted by atomic mass is 15.4. The molecule has 0 aromatic heterocycles. The van der Waals surface area contributed by atoms with Gasteiger partial charge in [0, 0.05) is 37.3 Å². The Morgan fingerprint density at radius 3 is 2.20 bits per heavy atom. The summed E-state index contributed by atoms with van der Waals surface area (Å²) in [7, 11) is 0. The van der Waals surface area contributed by atoms with E-state index in [-0.39, 0.29) is 0 Å². The van der Waals surface area contributed by atoms with Gasteiger partial charge in [0.05, 0.1) is 0 Å². The molecule has 0 unspecified atom stereocenters. The van der Waals surface area contributed by atoms with Crippen LogP contribution in [0.25, 0.3) is 0 Å². The second-order valence-corrected chi connectivity index (χ2v) is 6.71. The van der Waals surface area contributed by atoms with Crippen LogP contribution >= 0.6 is 0 Å². The lowest BCUT2D eigenvalue weighted by atomic mass is 10.0. The van der Waals surface area contributed by atoms with Crippen molar-refractivity contribution in [1.29, 1.82) is 0 Å². The molecule has 2 saturated heterocycles. The van der Waals surface area contributed by atoms with E-state index in [1.807, 2.05) is 0 Å². The maximum absolute atomic E-state index is 2.71. The second-order valence-electron chi connectivity index (χ2n) is 6.71. The first-order valence-electron chi connectivity index (χ1n) is 6.38. The summed E-state index contributed by atoms with van der Waals surface area (Å²) in [5.74, 6) is 0.812. The third kappa shape index (κ3) is 2.21. The summed E-state index contributed by atoms with van der Waals surface area (Å²) in [5, 5.41) is 0. The largest absolute Gasteiger partial charge is 0.297 e. The highest BCUT2D eigenvalue weighted by Gasteiger charge is 2.46. The number of nitrogens with zero attached hydrogens (tertiary/aromatic N) is 2. The van der Waals surface area contributed by atoms with Gasteiger partial charge < -0.3 is 0 Å². The molecule has 2 aliphatic rings.